The minimum absolute atomic E-state index is 0.319. The molecule has 0 aliphatic carbocycles. The van der Waals surface area contributed by atoms with E-state index < -0.39 is 11.9 Å². The van der Waals surface area contributed by atoms with Gasteiger partial charge < -0.3 is 9.47 Å². The van der Waals surface area contributed by atoms with Crippen molar-refractivity contribution in [3.8, 4) is 5.75 Å². The van der Waals surface area contributed by atoms with E-state index in [0.29, 0.717) is 23.5 Å². The summed E-state index contributed by atoms with van der Waals surface area (Å²) in [4.78, 5) is 23.4. The summed E-state index contributed by atoms with van der Waals surface area (Å²) in [5.41, 5.74) is 0.868. The van der Waals surface area contributed by atoms with Crippen LogP contribution in [-0.4, -0.2) is 18.5 Å². The van der Waals surface area contributed by atoms with Crippen LogP contribution in [-0.2, 0) is 4.74 Å². The van der Waals surface area contributed by atoms with Gasteiger partial charge in [0.05, 0.1) is 17.7 Å². The van der Waals surface area contributed by atoms with E-state index in [2.05, 4.69) is 15.9 Å². The Kier molecular flexibility index (Phi) is 5.11. The second kappa shape index (κ2) is 7.04. The molecule has 0 aliphatic heterocycles. The van der Waals surface area contributed by atoms with E-state index in [1.54, 1.807) is 55.5 Å². The van der Waals surface area contributed by atoms with Crippen LogP contribution in [0.25, 0.3) is 0 Å². The lowest BCUT2D eigenvalue weighted by molar-refractivity contribution is 0.0526. The summed E-state index contributed by atoms with van der Waals surface area (Å²) in [5.74, 6) is -0.481. The van der Waals surface area contributed by atoms with Crippen LogP contribution in [0.3, 0.4) is 0 Å². The fourth-order valence-electron chi connectivity index (χ4n) is 1.63. The Labute approximate surface area is 130 Å². The molecule has 5 heteroatoms. The first-order valence-electron chi connectivity index (χ1n) is 6.35. The molecule has 0 saturated heterocycles. The van der Waals surface area contributed by atoms with E-state index in [9.17, 15) is 9.59 Å². The summed E-state index contributed by atoms with van der Waals surface area (Å²) in [6.07, 6.45) is 0. The first kappa shape index (κ1) is 15.3. The van der Waals surface area contributed by atoms with Crippen LogP contribution in [0.1, 0.15) is 27.6 Å². The summed E-state index contributed by atoms with van der Waals surface area (Å²) < 4.78 is 11.0. The van der Waals surface area contributed by atoms with Crippen molar-refractivity contribution in [2.24, 2.45) is 0 Å². The highest BCUT2D eigenvalue weighted by atomic mass is 79.9. The molecule has 0 heterocycles. The van der Waals surface area contributed by atoms with E-state index in [1.807, 2.05) is 0 Å². The summed E-state index contributed by atoms with van der Waals surface area (Å²) in [7, 11) is 0. The van der Waals surface area contributed by atoms with Gasteiger partial charge in [-0.1, -0.05) is 15.9 Å². The Balaban J connectivity index is 2.04. The molecular formula is C16H13BrO4. The van der Waals surface area contributed by atoms with Crippen molar-refractivity contribution in [3.05, 3.63) is 64.1 Å². The van der Waals surface area contributed by atoms with E-state index in [4.69, 9.17) is 9.47 Å². The molecule has 0 aliphatic rings. The number of hydrogen-bond donors (Lipinski definition) is 0. The van der Waals surface area contributed by atoms with E-state index in [1.165, 1.54) is 0 Å². The Morgan fingerprint density at radius 2 is 1.43 bits per heavy atom. The molecule has 0 fully saturated rings. The molecule has 21 heavy (non-hydrogen) atoms. The highest BCUT2D eigenvalue weighted by Crippen LogP contribution is 2.16. The molecule has 0 N–H and O–H groups in total. The second-order valence-corrected chi connectivity index (χ2v) is 5.06. The van der Waals surface area contributed by atoms with Crippen molar-refractivity contribution in [1.29, 1.82) is 0 Å². The Hall–Kier alpha value is -2.14. The van der Waals surface area contributed by atoms with Gasteiger partial charge in [0.25, 0.3) is 0 Å². The molecule has 2 aromatic rings. The normalized spacial score (nSPS) is 10.0. The van der Waals surface area contributed by atoms with Crippen LogP contribution >= 0.6 is 15.9 Å². The Morgan fingerprint density at radius 1 is 0.905 bits per heavy atom. The van der Waals surface area contributed by atoms with Crippen molar-refractivity contribution in [3.63, 3.8) is 0 Å². The molecule has 0 aromatic heterocycles. The molecule has 0 atom stereocenters. The third-order valence-electron chi connectivity index (χ3n) is 2.66. The van der Waals surface area contributed by atoms with Crippen molar-refractivity contribution in [2.75, 3.05) is 6.61 Å². The Morgan fingerprint density at radius 3 is 2.00 bits per heavy atom. The van der Waals surface area contributed by atoms with Crippen molar-refractivity contribution in [2.45, 2.75) is 6.92 Å². The van der Waals surface area contributed by atoms with E-state index in [0.717, 1.165) is 4.47 Å². The first-order chi connectivity index (χ1) is 10.1. The molecule has 2 aromatic carbocycles. The molecule has 0 amide bonds. The average molecular weight is 349 g/mol. The predicted molar refractivity (Wildman–Crippen MR) is 81.5 cm³/mol. The molecule has 0 spiro atoms. The topological polar surface area (TPSA) is 52.6 Å². The fraction of sp³-hybridized carbons (Fsp3) is 0.125. The maximum Gasteiger partial charge on any atom is 0.343 e. The van der Waals surface area contributed by atoms with Crippen molar-refractivity contribution >= 4 is 27.9 Å². The Bertz CT molecular complexity index is 632. The second-order valence-electron chi connectivity index (χ2n) is 4.14. The summed E-state index contributed by atoms with van der Waals surface area (Å²) in [6, 6.07) is 13.1. The highest BCUT2D eigenvalue weighted by molar-refractivity contribution is 9.10. The van der Waals surface area contributed by atoms with Gasteiger partial charge in [-0.15, -0.1) is 0 Å². The zero-order chi connectivity index (χ0) is 15.2. The number of rotatable bonds is 4. The van der Waals surface area contributed by atoms with Crippen LogP contribution < -0.4 is 4.74 Å². The lowest BCUT2D eigenvalue weighted by atomic mass is 10.2. The molecule has 0 unspecified atom stereocenters. The van der Waals surface area contributed by atoms with Gasteiger partial charge in [-0.2, -0.15) is 0 Å². The summed E-state index contributed by atoms with van der Waals surface area (Å²) in [6.45, 7) is 2.06. The molecule has 108 valence electrons. The maximum absolute atomic E-state index is 11.9. The maximum atomic E-state index is 11.9. The number of hydrogen-bond acceptors (Lipinski definition) is 4. The summed E-state index contributed by atoms with van der Waals surface area (Å²) >= 11 is 3.30. The molecule has 0 bridgehead atoms. The summed E-state index contributed by atoms with van der Waals surface area (Å²) in [5, 5.41) is 0. The zero-order valence-corrected chi connectivity index (χ0v) is 12.9. The third-order valence-corrected chi connectivity index (χ3v) is 3.18. The fourth-order valence-corrected chi connectivity index (χ4v) is 1.89. The van der Waals surface area contributed by atoms with Gasteiger partial charge in [0.1, 0.15) is 5.75 Å². The first-order valence-corrected chi connectivity index (χ1v) is 7.14. The third kappa shape index (κ3) is 4.16. The highest BCUT2D eigenvalue weighted by Gasteiger charge is 2.10. The van der Waals surface area contributed by atoms with Crippen molar-refractivity contribution < 1.29 is 19.1 Å². The van der Waals surface area contributed by atoms with Crippen LogP contribution in [0.15, 0.2) is 53.0 Å². The van der Waals surface area contributed by atoms with Crippen molar-refractivity contribution in [1.82, 2.24) is 0 Å². The minimum Gasteiger partial charge on any atom is -0.462 e. The lowest BCUT2D eigenvalue weighted by Gasteiger charge is -2.06. The number of halogens is 1. The molecule has 2 rings (SSSR count). The van der Waals surface area contributed by atoms with Gasteiger partial charge in [0, 0.05) is 4.47 Å². The average Bonchev–Trinajstić information content (AvgIpc) is 2.49. The van der Waals surface area contributed by atoms with Gasteiger partial charge >= 0.3 is 11.9 Å². The van der Waals surface area contributed by atoms with E-state index in [-0.39, 0.29) is 0 Å². The quantitative estimate of drug-likeness (QED) is 0.622. The number of carbonyl (C=O) groups is 2. The van der Waals surface area contributed by atoms with Gasteiger partial charge in [0.2, 0.25) is 0 Å². The monoisotopic (exact) mass is 348 g/mol. The van der Waals surface area contributed by atoms with Crippen LogP contribution in [0.5, 0.6) is 5.75 Å². The van der Waals surface area contributed by atoms with Crippen LogP contribution in [0.2, 0.25) is 0 Å². The van der Waals surface area contributed by atoms with Gasteiger partial charge in [-0.05, 0) is 55.5 Å². The van der Waals surface area contributed by atoms with E-state index >= 15 is 0 Å². The smallest absolute Gasteiger partial charge is 0.343 e. The minimum atomic E-state index is -0.452. The number of benzene rings is 2. The molecule has 4 nitrogen and oxygen atoms in total. The molecule has 0 radical (unpaired) electrons. The molecular weight excluding hydrogens is 336 g/mol. The lowest BCUT2D eigenvalue weighted by Crippen LogP contribution is -2.09. The number of ether oxygens (including phenoxy) is 2. The van der Waals surface area contributed by atoms with Crippen LogP contribution in [0, 0.1) is 0 Å². The number of esters is 2. The standard InChI is InChI=1S/C16H13BrO4/c1-2-20-15(18)11-5-9-14(10-6-11)21-16(19)12-3-7-13(17)8-4-12/h3-10H,2H2,1H3. The molecule has 0 saturated carbocycles. The van der Waals surface area contributed by atoms with Gasteiger partial charge in [0.15, 0.2) is 0 Å². The largest absolute Gasteiger partial charge is 0.462 e. The number of carbonyl (C=O) groups excluding carboxylic acids is 2. The SMILES string of the molecule is CCOC(=O)c1ccc(OC(=O)c2ccc(Br)cc2)cc1. The van der Waals surface area contributed by atoms with Crippen LogP contribution in [0.4, 0.5) is 0 Å². The van der Waals surface area contributed by atoms with Gasteiger partial charge in [-0.3, -0.25) is 0 Å². The zero-order valence-electron chi connectivity index (χ0n) is 11.3. The van der Waals surface area contributed by atoms with Gasteiger partial charge in [-0.25, -0.2) is 9.59 Å². The predicted octanol–water partition coefficient (Wildman–Crippen LogP) is 3.85.